The largest absolute Gasteiger partial charge is 0.372 e. The molecule has 0 aromatic carbocycles. The fourth-order valence-electron chi connectivity index (χ4n) is 0.727. The van der Waals surface area contributed by atoms with Gasteiger partial charge in [-0.05, 0) is 6.08 Å². The lowest BCUT2D eigenvalue weighted by molar-refractivity contribution is 0.263. The molecule has 1 nitrogen and oxygen atoms in total. The average molecular weight is 133 g/mol. The summed E-state index contributed by atoms with van der Waals surface area (Å²) in [7, 11) is 0. The molecule has 0 bridgehead atoms. The Morgan fingerprint density at radius 1 is 1.70 bits per heavy atom. The van der Waals surface area contributed by atoms with E-state index >= 15 is 0 Å². The number of allylic oxidation sites excluding steroid dienone is 4. The van der Waals surface area contributed by atoms with Crippen molar-refractivity contribution in [3.63, 3.8) is 0 Å². The van der Waals surface area contributed by atoms with E-state index in [4.69, 9.17) is 0 Å². The smallest absolute Gasteiger partial charge is 0.143 e. The quantitative estimate of drug-likeness (QED) is 0.446. The fourth-order valence-corrected chi connectivity index (χ4v) is 0.727. The molecule has 50 valence electrons. The molecule has 0 spiro atoms. The molecular formula is C9H9O+. The van der Waals surface area contributed by atoms with Gasteiger partial charge in [0.25, 0.3) is 0 Å². The molecule has 1 rings (SSSR count). The monoisotopic (exact) mass is 133 g/mol. The lowest BCUT2D eigenvalue weighted by atomic mass is 10.1. The van der Waals surface area contributed by atoms with E-state index in [9.17, 15) is 5.11 Å². The molecule has 1 aliphatic rings. The Labute approximate surface area is 60.7 Å². The first-order chi connectivity index (χ1) is 4.84. The molecule has 0 radical (unpaired) electrons. The summed E-state index contributed by atoms with van der Waals surface area (Å²) in [4.78, 5) is 0. The molecule has 1 heteroatoms. The van der Waals surface area contributed by atoms with Gasteiger partial charge in [0, 0.05) is 12.2 Å². The van der Waals surface area contributed by atoms with Gasteiger partial charge in [-0.2, -0.15) is 0 Å². The van der Waals surface area contributed by atoms with Crippen LogP contribution in [0.3, 0.4) is 0 Å². The third kappa shape index (κ3) is 1.41. The topological polar surface area (TPSA) is 20.2 Å². The highest BCUT2D eigenvalue weighted by Crippen LogP contribution is 2.08. The Morgan fingerprint density at radius 3 is 3.00 bits per heavy atom. The zero-order valence-corrected chi connectivity index (χ0v) is 5.62. The first-order valence-corrected chi connectivity index (χ1v) is 3.11. The van der Waals surface area contributed by atoms with Crippen LogP contribution < -0.4 is 0 Å². The van der Waals surface area contributed by atoms with Gasteiger partial charge < -0.3 is 5.11 Å². The van der Waals surface area contributed by atoms with Crippen LogP contribution in [0.2, 0.25) is 0 Å². The Morgan fingerprint density at radius 2 is 2.50 bits per heavy atom. The van der Waals surface area contributed by atoms with Crippen LogP contribution in [0.15, 0.2) is 42.5 Å². The van der Waals surface area contributed by atoms with Crippen molar-refractivity contribution in [3.05, 3.63) is 48.6 Å². The van der Waals surface area contributed by atoms with Crippen LogP contribution >= 0.6 is 0 Å². The second-order valence-corrected chi connectivity index (χ2v) is 2.02. The lowest BCUT2D eigenvalue weighted by Crippen LogP contribution is -2.04. The molecule has 1 N–H and O–H groups in total. The second-order valence-electron chi connectivity index (χ2n) is 2.02. The van der Waals surface area contributed by atoms with Gasteiger partial charge in [-0.25, -0.2) is 0 Å². The maximum atomic E-state index is 9.19. The van der Waals surface area contributed by atoms with Gasteiger partial charge in [-0.1, -0.05) is 6.58 Å². The van der Waals surface area contributed by atoms with Gasteiger partial charge in [-0.3, -0.25) is 0 Å². The van der Waals surface area contributed by atoms with Crippen molar-refractivity contribution in [1.29, 1.82) is 0 Å². The van der Waals surface area contributed by atoms with Gasteiger partial charge in [0.1, 0.15) is 18.3 Å². The summed E-state index contributed by atoms with van der Waals surface area (Å²) < 4.78 is 0. The van der Waals surface area contributed by atoms with E-state index in [-0.39, 0.29) is 0 Å². The van der Waals surface area contributed by atoms with Gasteiger partial charge in [0.15, 0.2) is 0 Å². The van der Waals surface area contributed by atoms with Crippen LogP contribution in [-0.4, -0.2) is 11.2 Å². The van der Waals surface area contributed by atoms with Gasteiger partial charge in [-0.15, -0.1) is 0 Å². The molecule has 0 aliphatic heterocycles. The first-order valence-electron chi connectivity index (χ1n) is 3.11. The lowest BCUT2D eigenvalue weighted by Gasteiger charge is -1.98. The third-order valence-corrected chi connectivity index (χ3v) is 1.30. The molecule has 0 aromatic rings. The van der Waals surface area contributed by atoms with Crippen molar-refractivity contribution >= 4 is 0 Å². The summed E-state index contributed by atoms with van der Waals surface area (Å²) >= 11 is 0. The summed E-state index contributed by atoms with van der Waals surface area (Å²) in [5, 5.41) is 9.19. The van der Waals surface area contributed by atoms with Crippen LogP contribution in [0, 0.1) is 6.08 Å². The van der Waals surface area contributed by atoms with Gasteiger partial charge in [0.05, 0.1) is 11.6 Å². The minimum Gasteiger partial charge on any atom is -0.372 e. The number of hydrogen-bond donors (Lipinski definition) is 1. The molecule has 0 amide bonds. The van der Waals surface area contributed by atoms with E-state index in [1.165, 1.54) is 6.08 Å². The van der Waals surface area contributed by atoms with Crippen molar-refractivity contribution in [2.24, 2.45) is 0 Å². The third-order valence-electron chi connectivity index (χ3n) is 1.30. The van der Waals surface area contributed by atoms with Crippen LogP contribution in [0.25, 0.3) is 0 Å². The van der Waals surface area contributed by atoms with Crippen molar-refractivity contribution in [2.45, 2.75) is 6.10 Å². The average Bonchev–Trinajstić information content (AvgIpc) is 2.05. The van der Waals surface area contributed by atoms with E-state index in [0.717, 1.165) is 5.57 Å². The molecular weight excluding hydrogens is 124 g/mol. The maximum absolute atomic E-state index is 9.19. The number of aliphatic hydroxyl groups excluding tert-OH is 1. The molecule has 0 saturated heterocycles. The van der Waals surface area contributed by atoms with E-state index < -0.39 is 6.10 Å². The predicted molar refractivity (Wildman–Crippen MR) is 41.2 cm³/mol. The minimum absolute atomic E-state index is 0.558. The molecule has 1 aliphatic carbocycles. The Kier molecular flexibility index (Phi) is 2.16. The van der Waals surface area contributed by atoms with E-state index in [1.54, 1.807) is 12.2 Å². The number of rotatable bonds is 2. The zero-order chi connectivity index (χ0) is 7.40. The highest BCUT2D eigenvalue weighted by molar-refractivity contribution is 5.34. The van der Waals surface area contributed by atoms with Crippen LogP contribution in [0.4, 0.5) is 0 Å². The van der Waals surface area contributed by atoms with E-state index in [0.29, 0.717) is 0 Å². The summed E-state index contributed by atoms with van der Waals surface area (Å²) in [6.45, 7) is 3.47. The molecule has 0 fully saturated rings. The number of hydrogen-bond acceptors (Lipinski definition) is 1. The van der Waals surface area contributed by atoms with Gasteiger partial charge >= 0.3 is 0 Å². The molecule has 0 saturated carbocycles. The standard InChI is InChI=1S/C9H9O/c1-2-9(10)8-6-4-3-5-7-8/h2-4,6-7,9-10H,1H2/q+1/t9-/m0/s1. The maximum Gasteiger partial charge on any atom is 0.143 e. The SMILES string of the molecule is C=C[C@H](O)C1=CC=C[C+]=C1. The Hall–Kier alpha value is -1.17. The van der Waals surface area contributed by atoms with Crippen molar-refractivity contribution in [2.75, 3.05) is 0 Å². The number of aliphatic hydroxyl groups is 1. The van der Waals surface area contributed by atoms with Crippen LogP contribution in [0.5, 0.6) is 0 Å². The zero-order valence-electron chi connectivity index (χ0n) is 5.62. The molecule has 10 heavy (non-hydrogen) atoms. The predicted octanol–water partition coefficient (Wildman–Crippen LogP) is 1.39. The Bertz CT molecular complexity index is 209. The van der Waals surface area contributed by atoms with E-state index in [2.05, 4.69) is 12.7 Å². The normalized spacial score (nSPS) is 17.5. The highest BCUT2D eigenvalue weighted by Gasteiger charge is 2.10. The van der Waals surface area contributed by atoms with Crippen molar-refractivity contribution in [3.8, 4) is 0 Å². The van der Waals surface area contributed by atoms with Crippen LogP contribution in [-0.2, 0) is 0 Å². The van der Waals surface area contributed by atoms with Gasteiger partial charge in [0.2, 0.25) is 0 Å². The molecule has 0 aromatic heterocycles. The summed E-state index contributed by atoms with van der Waals surface area (Å²) in [5.74, 6) is 0. The highest BCUT2D eigenvalue weighted by atomic mass is 16.3. The molecule has 1 atom stereocenters. The van der Waals surface area contributed by atoms with Crippen molar-refractivity contribution < 1.29 is 5.11 Å². The minimum atomic E-state index is -0.558. The summed E-state index contributed by atoms with van der Waals surface area (Å²) in [6, 6.07) is 0. The second kappa shape index (κ2) is 3.11. The molecule has 0 unspecified atom stereocenters. The first kappa shape index (κ1) is 6.94. The fraction of sp³-hybridized carbons (Fsp3) is 0.111. The summed E-state index contributed by atoms with van der Waals surface area (Å²) in [5.41, 5.74) is 0.831. The van der Waals surface area contributed by atoms with Crippen LogP contribution in [0.1, 0.15) is 0 Å². The van der Waals surface area contributed by atoms with Crippen molar-refractivity contribution in [1.82, 2.24) is 0 Å². The Balaban J connectivity index is 2.73. The molecule has 0 heterocycles. The summed E-state index contributed by atoms with van der Waals surface area (Å²) in [6.07, 6.45) is 11.0. The van der Waals surface area contributed by atoms with E-state index in [1.807, 2.05) is 12.2 Å².